The average molecular weight is 385 g/mol. The molecule has 8 nitrogen and oxygen atoms in total. The summed E-state index contributed by atoms with van der Waals surface area (Å²) in [6, 6.07) is 15.3. The number of para-hydroxylation sites is 1. The van der Waals surface area contributed by atoms with Crippen molar-refractivity contribution in [3.63, 3.8) is 0 Å². The van der Waals surface area contributed by atoms with E-state index < -0.39 is 15.9 Å². The maximum Gasteiger partial charge on any atom is 0.278 e. The number of hydrogen-bond donors (Lipinski definition) is 1. The third kappa shape index (κ3) is 3.88. The highest BCUT2D eigenvalue weighted by atomic mass is 32.2. The number of nitrogens with one attached hydrogen (secondary N) is 1. The standard InChI is InChI=1S/C18H19N5O3S/c1-13-17(21-23(20-13)15-9-5-4-6-10-15)18(24)19-14-8-7-11-16(12-14)27(25,26)22(2)3/h4-12H,1-3H3,(H,19,24). The van der Waals surface area contributed by atoms with E-state index in [4.69, 9.17) is 0 Å². The minimum Gasteiger partial charge on any atom is -0.320 e. The number of carbonyl (C=O) groups is 1. The smallest absolute Gasteiger partial charge is 0.278 e. The highest BCUT2D eigenvalue weighted by molar-refractivity contribution is 7.89. The highest BCUT2D eigenvalue weighted by Crippen LogP contribution is 2.19. The predicted molar refractivity (Wildman–Crippen MR) is 101 cm³/mol. The lowest BCUT2D eigenvalue weighted by Crippen LogP contribution is -2.22. The van der Waals surface area contributed by atoms with E-state index in [2.05, 4.69) is 15.5 Å². The van der Waals surface area contributed by atoms with E-state index in [9.17, 15) is 13.2 Å². The van der Waals surface area contributed by atoms with Crippen molar-refractivity contribution in [1.82, 2.24) is 19.3 Å². The molecule has 1 N–H and O–H groups in total. The van der Waals surface area contributed by atoms with Crippen LogP contribution in [-0.2, 0) is 10.0 Å². The molecule has 0 saturated heterocycles. The molecule has 0 unspecified atom stereocenters. The van der Waals surface area contributed by atoms with Gasteiger partial charge in [0.15, 0.2) is 5.69 Å². The van der Waals surface area contributed by atoms with Crippen LogP contribution in [0.4, 0.5) is 5.69 Å². The molecule has 2 aromatic carbocycles. The molecule has 0 fully saturated rings. The molecule has 0 aliphatic rings. The number of amides is 1. The first-order valence-electron chi connectivity index (χ1n) is 8.12. The molecule has 0 radical (unpaired) electrons. The first-order chi connectivity index (χ1) is 12.8. The summed E-state index contributed by atoms with van der Waals surface area (Å²) in [7, 11) is -0.689. The second-order valence-electron chi connectivity index (χ2n) is 6.03. The molecule has 0 aliphatic carbocycles. The first kappa shape index (κ1) is 18.7. The minimum absolute atomic E-state index is 0.0926. The summed E-state index contributed by atoms with van der Waals surface area (Å²) < 4.78 is 25.6. The maximum absolute atomic E-state index is 12.6. The van der Waals surface area contributed by atoms with Gasteiger partial charge in [-0.25, -0.2) is 12.7 Å². The van der Waals surface area contributed by atoms with Crippen LogP contribution in [0.15, 0.2) is 59.5 Å². The molecule has 9 heteroatoms. The molecule has 27 heavy (non-hydrogen) atoms. The van der Waals surface area contributed by atoms with Crippen molar-refractivity contribution in [2.45, 2.75) is 11.8 Å². The number of rotatable bonds is 5. The Balaban J connectivity index is 1.86. The monoisotopic (exact) mass is 385 g/mol. The lowest BCUT2D eigenvalue weighted by molar-refractivity contribution is 0.102. The van der Waals surface area contributed by atoms with Crippen molar-refractivity contribution in [2.24, 2.45) is 0 Å². The van der Waals surface area contributed by atoms with Crippen molar-refractivity contribution < 1.29 is 13.2 Å². The van der Waals surface area contributed by atoms with Gasteiger partial charge in [-0.05, 0) is 37.3 Å². The van der Waals surface area contributed by atoms with Crippen LogP contribution in [0, 0.1) is 6.92 Å². The molecule has 1 heterocycles. The Morgan fingerprint density at radius 1 is 1.04 bits per heavy atom. The zero-order chi connectivity index (χ0) is 19.6. The zero-order valence-corrected chi connectivity index (χ0v) is 15.9. The van der Waals surface area contributed by atoms with Crippen LogP contribution in [0.25, 0.3) is 5.69 Å². The van der Waals surface area contributed by atoms with Gasteiger partial charge in [0.05, 0.1) is 16.3 Å². The normalized spacial score (nSPS) is 11.6. The molecule has 0 spiro atoms. The van der Waals surface area contributed by atoms with Crippen molar-refractivity contribution in [3.8, 4) is 5.69 Å². The third-order valence-electron chi connectivity index (χ3n) is 3.85. The summed E-state index contributed by atoms with van der Waals surface area (Å²) in [5.74, 6) is -0.464. The third-order valence-corrected chi connectivity index (χ3v) is 5.67. The van der Waals surface area contributed by atoms with Crippen molar-refractivity contribution in [3.05, 3.63) is 66.0 Å². The number of sulfonamides is 1. The summed E-state index contributed by atoms with van der Waals surface area (Å²) in [4.78, 5) is 14.1. The number of aromatic nitrogens is 3. The molecule has 3 aromatic rings. The second-order valence-corrected chi connectivity index (χ2v) is 8.18. The topological polar surface area (TPSA) is 97.2 Å². The lowest BCUT2D eigenvalue weighted by atomic mass is 10.3. The number of nitrogens with zero attached hydrogens (tertiary/aromatic N) is 4. The Labute approximate surface area is 157 Å². The second kappa shape index (κ2) is 7.29. The predicted octanol–water partition coefficient (Wildman–Crippen LogP) is 2.08. The van der Waals surface area contributed by atoms with Gasteiger partial charge < -0.3 is 5.32 Å². The molecule has 0 atom stereocenters. The summed E-state index contributed by atoms with van der Waals surface area (Å²) in [6.45, 7) is 1.69. The number of benzene rings is 2. The van der Waals surface area contributed by atoms with Crippen LogP contribution < -0.4 is 5.32 Å². The molecule has 1 amide bonds. The molecule has 0 aliphatic heterocycles. The Morgan fingerprint density at radius 3 is 2.41 bits per heavy atom. The van der Waals surface area contributed by atoms with E-state index in [-0.39, 0.29) is 10.6 Å². The SMILES string of the molecule is Cc1nn(-c2ccccc2)nc1C(=O)Nc1cccc(S(=O)(=O)N(C)C)c1. The molecule has 0 bridgehead atoms. The van der Waals surface area contributed by atoms with Crippen LogP contribution in [0.1, 0.15) is 16.2 Å². The van der Waals surface area contributed by atoms with E-state index in [1.54, 1.807) is 19.1 Å². The summed E-state index contributed by atoms with van der Waals surface area (Å²) in [5, 5.41) is 11.2. The molecular formula is C18H19N5O3S. The van der Waals surface area contributed by atoms with Crippen LogP contribution in [-0.4, -0.2) is 47.7 Å². The molecule has 0 saturated carbocycles. The summed E-state index contributed by atoms with van der Waals surface area (Å²) >= 11 is 0. The average Bonchev–Trinajstić information content (AvgIpc) is 3.04. The van der Waals surface area contributed by atoms with Gasteiger partial charge >= 0.3 is 0 Å². The Hall–Kier alpha value is -3.04. The van der Waals surface area contributed by atoms with Crippen LogP contribution in [0.5, 0.6) is 0 Å². The maximum atomic E-state index is 12.6. The van der Waals surface area contributed by atoms with E-state index in [1.165, 1.54) is 31.0 Å². The van der Waals surface area contributed by atoms with Gasteiger partial charge in [0, 0.05) is 19.8 Å². The minimum atomic E-state index is -3.59. The summed E-state index contributed by atoms with van der Waals surface area (Å²) in [5.41, 5.74) is 1.73. The van der Waals surface area contributed by atoms with Crippen LogP contribution in [0.2, 0.25) is 0 Å². The number of aryl methyl sites for hydroxylation is 1. The van der Waals surface area contributed by atoms with Gasteiger partial charge in [0.1, 0.15) is 0 Å². The fourth-order valence-electron chi connectivity index (χ4n) is 2.40. The Morgan fingerprint density at radius 2 is 1.74 bits per heavy atom. The van der Waals surface area contributed by atoms with Crippen molar-refractivity contribution in [1.29, 1.82) is 0 Å². The molecular weight excluding hydrogens is 366 g/mol. The van der Waals surface area contributed by atoms with Crippen LogP contribution >= 0.6 is 0 Å². The van der Waals surface area contributed by atoms with E-state index in [0.717, 1.165) is 9.99 Å². The lowest BCUT2D eigenvalue weighted by Gasteiger charge is -2.12. The molecule has 140 valence electrons. The van der Waals surface area contributed by atoms with Crippen LogP contribution in [0.3, 0.4) is 0 Å². The fraction of sp³-hybridized carbons (Fsp3) is 0.167. The number of carbonyl (C=O) groups excluding carboxylic acids is 1. The van der Waals surface area contributed by atoms with Crippen molar-refractivity contribution in [2.75, 3.05) is 19.4 Å². The van der Waals surface area contributed by atoms with E-state index >= 15 is 0 Å². The summed E-state index contributed by atoms with van der Waals surface area (Å²) in [6.07, 6.45) is 0. The zero-order valence-electron chi connectivity index (χ0n) is 15.1. The quantitative estimate of drug-likeness (QED) is 0.725. The van der Waals surface area contributed by atoms with Gasteiger partial charge in [-0.2, -0.15) is 9.90 Å². The molecule has 1 aromatic heterocycles. The Kier molecular flexibility index (Phi) is 5.06. The highest BCUT2D eigenvalue weighted by Gasteiger charge is 2.20. The van der Waals surface area contributed by atoms with E-state index in [1.807, 2.05) is 30.3 Å². The van der Waals surface area contributed by atoms with Gasteiger partial charge in [0.2, 0.25) is 10.0 Å². The number of hydrogen-bond acceptors (Lipinski definition) is 5. The van der Waals surface area contributed by atoms with Gasteiger partial charge in [-0.1, -0.05) is 24.3 Å². The van der Waals surface area contributed by atoms with Gasteiger partial charge in [-0.3, -0.25) is 4.79 Å². The fourth-order valence-corrected chi connectivity index (χ4v) is 3.35. The van der Waals surface area contributed by atoms with E-state index in [0.29, 0.717) is 11.4 Å². The molecule has 3 rings (SSSR count). The van der Waals surface area contributed by atoms with Gasteiger partial charge in [-0.15, -0.1) is 5.10 Å². The van der Waals surface area contributed by atoms with Crippen molar-refractivity contribution >= 4 is 21.6 Å². The van der Waals surface area contributed by atoms with Gasteiger partial charge in [0.25, 0.3) is 5.91 Å². The Bertz CT molecular complexity index is 1080. The first-order valence-corrected chi connectivity index (χ1v) is 9.56. The largest absolute Gasteiger partial charge is 0.320 e. The number of anilines is 1.